The summed E-state index contributed by atoms with van der Waals surface area (Å²) in [5.41, 5.74) is 0.857. The van der Waals surface area contributed by atoms with Crippen LogP contribution in [0.15, 0.2) is 59.5 Å². The highest BCUT2D eigenvalue weighted by molar-refractivity contribution is 7.89. The Morgan fingerprint density at radius 2 is 1.77 bits per heavy atom. The van der Waals surface area contributed by atoms with E-state index < -0.39 is 16.0 Å². The molecule has 0 aliphatic heterocycles. The summed E-state index contributed by atoms with van der Waals surface area (Å²) in [7, 11) is -3.95. The van der Waals surface area contributed by atoms with E-state index in [1.807, 2.05) is 36.4 Å². The van der Waals surface area contributed by atoms with Gasteiger partial charge in [0.2, 0.25) is 10.0 Å². The fraction of sp³-hybridized carbons (Fsp3) is 0.263. The summed E-state index contributed by atoms with van der Waals surface area (Å²) in [5, 5.41) is 9.23. The highest BCUT2D eigenvalue weighted by Crippen LogP contribution is 2.22. The molecule has 136 valence electrons. The summed E-state index contributed by atoms with van der Waals surface area (Å²) in [6.45, 7) is 2.00. The lowest BCUT2D eigenvalue weighted by atomic mass is 10.2. The van der Waals surface area contributed by atoms with Crippen molar-refractivity contribution >= 4 is 16.0 Å². The van der Waals surface area contributed by atoms with E-state index in [1.54, 1.807) is 19.1 Å². The van der Waals surface area contributed by atoms with E-state index in [-0.39, 0.29) is 36.6 Å². The van der Waals surface area contributed by atoms with Gasteiger partial charge in [-0.15, -0.1) is 0 Å². The van der Waals surface area contributed by atoms with Gasteiger partial charge in [-0.2, -0.15) is 9.57 Å². The highest BCUT2D eigenvalue weighted by atomic mass is 32.2. The summed E-state index contributed by atoms with van der Waals surface area (Å²) in [4.78, 5) is 11.6. The molecule has 0 bridgehead atoms. The molecule has 26 heavy (non-hydrogen) atoms. The fourth-order valence-electron chi connectivity index (χ4n) is 2.44. The zero-order valence-electron chi connectivity index (χ0n) is 14.5. The number of sulfonamides is 1. The van der Waals surface area contributed by atoms with Gasteiger partial charge in [-0.3, -0.25) is 4.79 Å². The largest absolute Gasteiger partial charge is 0.466 e. The Morgan fingerprint density at radius 1 is 1.12 bits per heavy atom. The lowest BCUT2D eigenvalue weighted by Crippen LogP contribution is -2.33. The Morgan fingerprint density at radius 3 is 2.42 bits per heavy atom. The minimum atomic E-state index is -3.95. The molecular formula is C19H20N2O4S. The molecule has 0 spiro atoms. The Balaban J connectivity index is 2.35. The normalized spacial score (nSPS) is 11.1. The average molecular weight is 372 g/mol. The molecule has 2 aromatic rings. The van der Waals surface area contributed by atoms with Gasteiger partial charge in [-0.1, -0.05) is 42.5 Å². The van der Waals surface area contributed by atoms with Crippen molar-refractivity contribution in [2.45, 2.75) is 24.8 Å². The van der Waals surface area contributed by atoms with E-state index in [0.29, 0.717) is 0 Å². The van der Waals surface area contributed by atoms with Gasteiger partial charge in [-0.25, -0.2) is 8.42 Å². The van der Waals surface area contributed by atoms with E-state index in [2.05, 4.69) is 0 Å². The molecule has 6 nitrogen and oxygen atoms in total. The molecule has 0 heterocycles. The topological polar surface area (TPSA) is 87.5 Å². The number of hydrogen-bond acceptors (Lipinski definition) is 5. The zero-order chi connectivity index (χ0) is 19.0. The zero-order valence-corrected chi connectivity index (χ0v) is 15.3. The Labute approximate surface area is 153 Å². The molecule has 7 heteroatoms. The highest BCUT2D eigenvalue weighted by Gasteiger charge is 2.27. The van der Waals surface area contributed by atoms with E-state index in [9.17, 15) is 18.5 Å². The second-order valence-corrected chi connectivity index (χ2v) is 7.39. The van der Waals surface area contributed by atoms with Crippen molar-refractivity contribution < 1.29 is 17.9 Å². The molecule has 2 aromatic carbocycles. The van der Waals surface area contributed by atoms with E-state index in [1.165, 1.54) is 16.4 Å². The quantitative estimate of drug-likeness (QED) is 0.665. The number of rotatable bonds is 8. The van der Waals surface area contributed by atoms with E-state index in [4.69, 9.17) is 4.74 Å². The third-order valence-electron chi connectivity index (χ3n) is 3.70. The molecule has 0 atom stereocenters. The predicted octanol–water partition coefficient (Wildman–Crippen LogP) is 2.70. The van der Waals surface area contributed by atoms with Gasteiger partial charge >= 0.3 is 5.97 Å². The van der Waals surface area contributed by atoms with Crippen LogP contribution in [0.2, 0.25) is 0 Å². The standard InChI is InChI=1S/C19H20N2O4S/c1-2-25-19(22)12-13-21(15-16-8-4-3-5-9-16)26(23,24)18-11-7-6-10-17(18)14-20/h3-11H,2,12-13,15H2,1H3. The second kappa shape index (κ2) is 9.13. The van der Waals surface area contributed by atoms with Crippen molar-refractivity contribution in [1.82, 2.24) is 4.31 Å². The smallest absolute Gasteiger partial charge is 0.307 e. The van der Waals surface area contributed by atoms with Crippen LogP contribution < -0.4 is 0 Å². The predicted molar refractivity (Wildman–Crippen MR) is 96.4 cm³/mol. The summed E-state index contributed by atoms with van der Waals surface area (Å²) in [5.74, 6) is -0.464. The van der Waals surface area contributed by atoms with Gasteiger partial charge in [0.25, 0.3) is 0 Å². The minimum absolute atomic E-state index is 0.0319. The van der Waals surface area contributed by atoms with Crippen LogP contribution in [-0.2, 0) is 26.1 Å². The monoisotopic (exact) mass is 372 g/mol. The average Bonchev–Trinajstić information content (AvgIpc) is 2.66. The number of nitrogens with zero attached hydrogens (tertiary/aromatic N) is 2. The second-order valence-electron chi connectivity index (χ2n) is 5.49. The molecular weight excluding hydrogens is 352 g/mol. The first-order valence-electron chi connectivity index (χ1n) is 8.18. The first-order valence-corrected chi connectivity index (χ1v) is 9.62. The summed E-state index contributed by atoms with van der Waals surface area (Å²) in [6.07, 6.45) is -0.0609. The molecule has 0 fully saturated rings. The van der Waals surface area contributed by atoms with Crippen molar-refractivity contribution in [3.8, 4) is 6.07 Å². The van der Waals surface area contributed by atoms with Gasteiger partial charge in [0, 0.05) is 13.1 Å². The van der Waals surface area contributed by atoms with Crippen LogP contribution in [0.3, 0.4) is 0 Å². The van der Waals surface area contributed by atoms with Gasteiger partial charge in [0.15, 0.2) is 0 Å². The molecule has 0 saturated heterocycles. The third-order valence-corrected chi connectivity index (χ3v) is 5.60. The van der Waals surface area contributed by atoms with Crippen molar-refractivity contribution in [2.24, 2.45) is 0 Å². The Bertz CT molecular complexity index is 889. The van der Waals surface area contributed by atoms with Gasteiger partial charge in [-0.05, 0) is 24.6 Å². The van der Waals surface area contributed by atoms with Crippen molar-refractivity contribution in [3.63, 3.8) is 0 Å². The maximum absolute atomic E-state index is 13.1. The number of ether oxygens (including phenoxy) is 1. The molecule has 0 unspecified atom stereocenters. The first kappa shape index (κ1) is 19.6. The van der Waals surface area contributed by atoms with Crippen molar-refractivity contribution in [1.29, 1.82) is 5.26 Å². The molecule has 0 aliphatic carbocycles. The Kier molecular flexibility index (Phi) is 6.89. The SMILES string of the molecule is CCOC(=O)CCN(Cc1ccccc1)S(=O)(=O)c1ccccc1C#N. The summed E-state index contributed by atoms with van der Waals surface area (Å²) >= 11 is 0. The fourth-order valence-corrected chi connectivity index (χ4v) is 4.01. The van der Waals surface area contributed by atoms with Crippen LogP contribution in [0.4, 0.5) is 0 Å². The maximum Gasteiger partial charge on any atom is 0.307 e. The number of benzene rings is 2. The van der Waals surface area contributed by atoms with Crippen molar-refractivity contribution in [3.05, 3.63) is 65.7 Å². The first-order chi connectivity index (χ1) is 12.5. The molecule has 0 radical (unpaired) electrons. The van der Waals surface area contributed by atoms with Crippen LogP contribution in [0.25, 0.3) is 0 Å². The van der Waals surface area contributed by atoms with Gasteiger partial charge in [0.1, 0.15) is 6.07 Å². The van der Waals surface area contributed by atoms with Crippen LogP contribution in [-0.4, -0.2) is 31.8 Å². The molecule has 0 amide bonds. The van der Waals surface area contributed by atoms with Crippen LogP contribution in [0, 0.1) is 11.3 Å². The Hall–Kier alpha value is -2.69. The van der Waals surface area contributed by atoms with Gasteiger partial charge < -0.3 is 4.74 Å². The maximum atomic E-state index is 13.1. The molecule has 0 aliphatic rings. The lowest BCUT2D eigenvalue weighted by molar-refractivity contribution is -0.143. The van der Waals surface area contributed by atoms with Crippen LogP contribution >= 0.6 is 0 Å². The number of carbonyl (C=O) groups excluding carboxylic acids is 1. The van der Waals surface area contributed by atoms with Crippen LogP contribution in [0.1, 0.15) is 24.5 Å². The molecule has 0 aromatic heterocycles. The number of nitriles is 1. The van der Waals surface area contributed by atoms with E-state index in [0.717, 1.165) is 5.56 Å². The van der Waals surface area contributed by atoms with Gasteiger partial charge in [0.05, 0.1) is 23.5 Å². The number of hydrogen-bond donors (Lipinski definition) is 0. The lowest BCUT2D eigenvalue weighted by Gasteiger charge is -2.22. The third kappa shape index (κ3) is 4.91. The molecule has 2 rings (SSSR count). The van der Waals surface area contributed by atoms with Crippen LogP contribution in [0.5, 0.6) is 0 Å². The van der Waals surface area contributed by atoms with Crippen molar-refractivity contribution in [2.75, 3.05) is 13.2 Å². The summed E-state index contributed by atoms with van der Waals surface area (Å²) in [6, 6.07) is 17.0. The molecule has 0 saturated carbocycles. The molecule has 0 N–H and O–H groups in total. The summed E-state index contributed by atoms with van der Waals surface area (Å²) < 4.78 is 32.3. The van der Waals surface area contributed by atoms with E-state index >= 15 is 0 Å². The minimum Gasteiger partial charge on any atom is -0.466 e. The number of carbonyl (C=O) groups is 1. The number of esters is 1.